The number of pyridine rings is 1. The lowest BCUT2D eigenvalue weighted by Gasteiger charge is -2.15. The number of ether oxygens (including phenoxy) is 1. The SMILES string of the molecule is Cn1c(Cn2ccc(C(F)(F)F)c(Oc3ccc(-c4cccc(C#N)c4)cc3)c2=O)n[nH]c1=O. The number of aromatic amines is 1. The number of rotatable bonds is 5. The first-order valence-corrected chi connectivity index (χ1v) is 9.87. The number of halogens is 3. The molecule has 0 aliphatic rings. The Morgan fingerprint density at radius 3 is 2.44 bits per heavy atom. The zero-order valence-corrected chi connectivity index (χ0v) is 17.6. The molecule has 2 heterocycles. The van der Waals surface area contributed by atoms with Gasteiger partial charge in [-0.05, 0) is 41.5 Å². The van der Waals surface area contributed by atoms with Crippen molar-refractivity contribution in [2.45, 2.75) is 12.7 Å². The fourth-order valence-electron chi connectivity index (χ4n) is 3.27. The fourth-order valence-corrected chi connectivity index (χ4v) is 3.27. The molecule has 0 unspecified atom stereocenters. The van der Waals surface area contributed by atoms with Gasteiger partial charge in [-0.3, -0.25) is 9.36 Å². The summed E-state index contributed by atoms with van der Waals surface area (Å²) in [5, 5.41) is 15.0. The summed E-state index contributed by atoms with van der Waals surface area (Å²) in [4.78, 5) is 24.4. The summed E-state index contributed by atoms with van der Waals surface area (Å²) in [6.07, 6.45) is -3.85. The van der Waals surface area contributed by atoms with E-state index in [2.05, 4.69) is 10.2 Å². The van der Waals surface area contributed by atoms with Crippen molar-refractivity contribution in [2.75, 3.05) is 0 Å². The molecule has 2 aromatic heterocycles. The van der Waals surface area contributed by atoms with Crippen molar-refractivity contribution < 1.29 is 17.9 Å². The molecule has 2 aromatic carbocycles. The van der Waals surface area contributed by atoms with Crippen LogP contribution in [-0.2, 0) is 19.8 Å². The Morgan fingerprint density at radius 1 is 1.09 bits per heavy atom. The minimum atomic E-state index is -4.83. The molecule has 1 N–H and O–H groups in total. The molecule has 4 rings (SSSR count). The third kappa shape index (κ3) is 4.47. The first-order valence-electron chi connectivity index (χ1n) is 9.87. The highest BCUT2D eigenvalue weighted by molar-refractivity contribution is 5.66. The highest BCUT2D eigenvalue weighted by Crippen LogP contribution is 2.36. The summed E-state index contributed by atoms with van der Waals surface area (Å²) in [5.74, 6) is -0.718. The van der Waals surface area contributed by atoms with Crippen LogP contribution < -0.4 is 16.0 Å². The molecule has 0 aliphatic carbocycles. The van der Waals surface area contributed by atoms with Crippen LogP contribution in [0.3, 0.4) is 0 Å². The van der Waals surface area contributed by atoms with E-state index in [1.54, 1.807) is 36.4 Å². The lowest BCUT2D eigenvalue weighted by molar-refractivity contribution is -0.138. The maximum Gasteiger partial charge on any atom is 0.420 e. The standard InChI is InChI=1S/C23H16F3N5O3/c1-30-19(28-29-22(30)33)13-31-10-9-18(23(24,25)26)20(21(31)32)34-17-7-5-15(6-8-17)16-4-2-3-14(11-16)12-27/h2-11H,13H2,1H3,(H,29,33). The third-order valence-electron chi connectivity index (χ3n) is 5.11. The van der Waals surface area contributed by atoms with Gasteiger partial charge in [-0.2, -0.15) is 23.5 Å². The fraction of sp³-hybridized carbons (Fsp3) is 0.130. The van der Waals surface area contributed by atoms with Crippen LogP contribution in [0, 0.1) is 11.3 Å². The van der Waals surface area contributed by atoms with Crippen LogP contribution >= 0.6 is 0 Å². The Balaban J connectivity index is 1.69. The maximum atomic E-state index is 13.6. The van der Waals surface area contributed by atoms with E-state index in [9.17, 15) is 22.8 Å². The van der Waals surface area contributed by atoms with Gasteiger partial charge in [-0.15, -0.1) is 0 Å². The van der Waals surface area contributed by atoms with Gasteiger partial charge in [0.2, 0.25) is 5.75 Å². The maximum absolute atomic E-state index is 13.6. The molecular weight excluding hydrogens is 451 g/mol. The first kappa shape index (κ1) is 22.6. The minimum Gasteiger partial charge on any atom is -0.451 e. The van der Waals surface area contributed by atoms with Gasteiger partial charge in [0.1, 0.15) is 11.3 Å². The van der Waals surface area contributed by atoms with Crippen molar-refractivity contribution in [2.24, 2.45) is 7.05 Å². The van der Waals surface area contributed by atoms with Crippen molar-refractivity contribution in [3.63, 3.8) is 0 Å². The van der Waals surface area contributed by atoms with Crippen molar-refractivity contribution in [3.05, 3.63) is 98.6 Å². The number of hydrogen-bond acceptors (Lipinski definition) is 5. The van der Waals surface area contributed by atoms with Gasteiger partial charge < -0.3 is 9.30 Å². The number of hydrogen-bond donors (Lipinski definition) is 1. The topological polar surface area (TPSA) is 106 Å². The molecule has 0 radical (unpaired) electrons. The summed E-state index contributed by atoms with van der Waals surface area (Å²) in [6.45, 7) is -0.239. The van der Waals surface area contributed by atoms with Crippen LogP contribution in [0.2, 0.25) is 0 Å². The van der Waals surface area contributed by atoms with E-state index in [0.29, 0.717) is 11.1 Å². The lowest BCUT2D eigenvalue weighted by atomic mass is 10.0. The lowest BCUT2D eigenvalue weighted by Crippen LogP contribution is -2.26. The molecule has 0 atom stereocenters. The highest BCUT2D eigenvalue weighted by Gasteiger charge is 2.36. The first-order chi connectivity index (χ1) is 16.2. The molecule has 34 heavy (non-hydrogen) atoms. The van der Waals surface area contributed by atoms with Gasteiger partial charge in [0.15, 0.2) is 5.82 Å². The van der Waals surface area contributed by atoms with Gasteiger partial charge in [-0.1, -0.05) is 24.3 Å². The van der Waals surface area contributed by atoms with E-state index in [0.717, 1.165) is 27.0 Å². The molecule has 0 amide bonds. The molecule has 0 bridgehead atoms. The summed E-state index contributed by atoms with van der Waals surface area (Å²) < 4.78 is 48.3. The van der Waals surface area contributed by atoms with Gasteiger partial charge in [-0.25, -0.2) is 9.89 Å². The molecule has 0 aliphatic heterocycles. The highest BCUT2D eigenvalue weighted by atomic mass is 19.4. The van der Waals surface area contributed by atoms with Crippen LogP contribution in [-0.4, -0.2) is 19.3 Å². The Bertz CT molecular complexity index is 1510. The van der Waals surface area contributed by atoms with Crippen LogP contribution in [0.15, 0.2) is 70.4 Å². The van der Waals surface area contributed by atoms with Gasteiger partial charge in [0, 0.05) is 13.2 Å². The van der Waals surface area contributed by atoms with Crippen molar-refractivity contribution in [3.8, 4) is 28.7 Å². The number of nitrogens with one attached hydrogen (secondary N) is 1. The third-order valence-corrected chi connectivity index (χ3v) is 5.11. The van der Waals surface area contributed by atoms with E-state index in [1.807, 2.05) is 6.07 Å². The van der Waals surface area contributed by atoms with Crippen molar-refractivity contribution in [1.29, 1.82) is 5.26 Å². The molecule has 11 heteroatoms. The van der Waals surface area contributed by atoms with E-state index < -0.39 is 28.7 Å². The summed E-state index contributed by atoms with van der Waals surface area (Å²) in [5.41, 5.74) is -0.857. The quantitative estimate of drug-likeness (QED) is 0.482. The van der Waals surface area contributed by atoms with Crippen LogP contribution in [0.5, 0.6) is 11.5 Å². The second kappa shape index (κ2) is 8.74. The molecule has 0 fully saturated rings. The molecule has 0 saturated heterocycles. The molecular formula is C23H16F3N5O3. The largest absolute Gasteiger partial charge is 0.451 e. The normalized spacial score (nSPS) is 11.3. The van der Waals surface area contributed by atoms with Crippen LogP contribution in [0.4, 0.5) is 13.2 Å². The smallest absolute Gasteiger partial charge is 0.420 e. The molecule has 4 aromatic rings. The number of alkyl halides is 3. The Kier molecular flexibility index (Phi) is 5.81. The Morgan fingerprint density at radius 2 is 1.82 bits per heavy atom. The summed E-state index contributed by atoms with van der Waals surface area (Å²) >= 11 is 0. The van der Waals surface area contributed by atoms with Gasteiger partial charge in [0.05, 0.1) is 18.2 Å². The second-order valence-corrected chi connectivity index (χ2v) is 7.31. The second-order valence-electron chi connectivity index (χ2n) is 7.31. The van der Waals surface area contributed by atoms with E-state index in [1.165, 1.54) is 19.2 Å². The number of nitriles is 1. The van der Waals surface area contributed by atoms with E-state index in [-0.39, 0.29) is 18.1 Å². The van der Waals surface area contributed by atoms with Crippen molar-refractivity contribution >= 4 is 0 Å². The number of H-pyrrole nitrogens is 1. The molecule has 172 valence electrons. The number of aromatic nitrogens is 4. The molecule has 8 nitrogen and oxygen atoms in total. The zero-order chi connectivity index (χ0) is 24.5. The summed E-state index contributed by atoms with van der Waals surface area (Å²) in [6, 6.07) is 15.7. The predicted molar refractivity (Wildman–Crippen MR) is 115 cm³/mol. The zero-order valence-electron chi connectivity index (χ0n) is 17.6. The number of benzene rings is 2. The van der Waals surface area contributed by atoms with E-state index in [4.69, 9.17) is 10.00 Å². The number of nitrogens with zero attached hydrogens (tertiary/aromatic N) is 4. The molecule has 0 spiro atoms. The minimum absolute atomic E-state index is 0.0210. The van der Waals surface area contributed by atoms with Gasteiger partial charge in [0.25, 0.3) is 5.56 Å². The average Bonchev–Trinajstić information content (AvgIpc) is 3.13. The van der Waals surface area contributed by atoms with Gasteiger partial charge >= 0.3 is 11.9 Å². The Labute approximate surface area is 190 Å². The molecule has 0 saturated carbocycles. The van der Waals surface area contributed by atoms with Crippen molar-refractivity contribution in [1.82, 2.24) is 19.3 Å². The Hall–Kier alpha value is -4.59. The van der Waals surface area contributed by atoms with E-state index >= 15 is 0 Å². The predicted octanol–water partition coefficient (Wildman–Crippen LogP) is 3.67. The van der Waals surface area contributed by atoms with Crippen LogP contribution in [0.25, 0.3) is 11.1 Å². The monoisotopic (exact) mass is 467 g/mol. The average molecular weight is 467 g/mol. The van der Waals surface area contributed by atoms with Crippen LogP contribution in [0.1, 0.15) is 17.0 Å². The summed E-state index contributed by atoms with van der Waals surface area (Å²) in [7, 11) is 1.42.